The highest BCUT2D eigenvalue weighted by atomic mass is 16.4. The summed E-state index contributed by atoms with van der Waals surface area (Å²) >= 11 is 0. The number of pyridine rings is 2. The van der Waals surface area contributed by atoms with E-state index in [9.17, 15) is 0 Å². The number of rotatable bonds is 0. The van der Waals surface area contributed by atoms with E-state index in [4.69, 9.17) is 4.42 Å². The number of oxazole rings is 1. The van der Waals surface area contributed by atoms with Crippen LogP contribution in [0.4, 0.5) is 0 Å². The number of fused-ring (bicyclic) bond motifs is 7. The van der Waals surface area contributed by atoms with Crippen LogP contribution in [-0.2, 0) is 6.54 Å². The lowest BCUT2D eigenvalue weighted by Crippen LogP contribution is -2.16. The van der Waals surface area contributed by atoms with Gasteiger partial charge in [-0.3, -0.25) is 9.97 Å². The van der Waals surface area contributed by atoms with Gasteiger partial charge < -0.3 is 4.42 Å². The summed E-state index contributed by atoms with van der Waals surface area (Å²) in [5.74, 6) is 0.830. The molecule has 0 amide bonds. The summed E-state index contributed by atoms with van der Waals surface area (Å²) in [4.78, 5) is 8.56. The molecule has 0 aliphatic carbocycles. The van der Waals surface area contributed by atoms with Crippen LogP contribution in [0.5, 0.6) is 0 Å². The zero-order valence-electron chi connectivity index (χ0n) is 9.95. The van der Waals surface area contributed by atoms with Crippen LogP contribution in [0.3, 0.4) is 0 Å². The molecule has 0 atom stereocenters. The van der Waals surface area contributed by atoms with Gasteiger partial charge in [0.1, 0.15) is 18.4 Å². The fourth-order valence-corrected chi connectivity index (χ4v) is 2.81. The van der Waals surface area contributed by atoms with E-state index in [2.05, 4.69) is 31.2 Å². The lowest BCUT2D eigenvalue weighted by Gasteiger charge is -1.90. The number of hydrogen-bond donors (Lipinski definition) is 0. The second-order valence-electron chi connectivity index (χ2n) is 4.71. The van der Waals surface area contributed by atoms with Gasteiger partial charge in [0.15, 0.2) is 11.2 Å². The lowest BCUT2D eigenvalue weighted by molar-refractivity contribution is -0.484. The van der Waals surface area contributed by atoms with Crippen molar-refractivity contribution in [1.82, 2.24) is 14.5 Å². The molecule has 1 aliphatic heterocycles. The molecule has 0 saturated carbocycles. The van der Waals surface area contributed by atoms with Crippen molar-refractivity contribution in [2.75, 3.05) is 0 Å². The maximum absolute atomic E-state index is 5.90. The van der Waals surface area contributed by atoms with E-state index in [1.54, 1.807) is 12.4 Å². The van der Waals surface area contributed by atoms with Crippen molar-refractivity contribution in [2.24, 2.45) is 0 Å². The van der Waals surface area contributed by atoms with E-state index < -0.39 is 0 Å². The Kier molecular flexibility index (Phi) is 1.46. The summed E-state index contributed by atoms with van der Waals surface area (Å²) in [7, 11) is 0. The van der Waals surface area contributed by atoms with Crippen molar-refractivity contribution < 1.29 is 8.82 Å². The molecule has 0 radical (unpaired) electrons. The molecule has 0 spiro atoms. The normalized spacial score (nSPS) is 13.1. The van der Waals surface area contributed by atoms with Gasteiger partial charge in [-0.1, -0.05) is 6.07 Å². The van der Waals surface area contributed by atoms with E-state index in [1.807, 2.05) is 18.3 Å². The first-order valence-electron chi connectivity index (χ1n) is 6.13. The van der Waals surface area contributed by atoms with Crippen molar-refractivity contribution in [3.05, 3.63) is 48.5 Å². The molecule has 0 aromatic carbocycles. The standard InChI is InChI=1S/C14H9N4O/c1-2-9-7-17-11(13(9)16-4-1)8-18-10-3-5-15-6-12(10)19-14(17)18/h1-6,8H,7H2/q+1. The van der Waals surface area contributed by atoms with Gasteiger partial charge in [0, 0.05) is 24.0 Å². The predicted molar refractivity (Wildman–Crippen MR) is 67.5 cm³/mol. The Labute approximate surface area is 107 Å². The Hall–Kier alpha value is -2.69. The van der Waals surface area contributed by atoms with Crippen molar-refractivity contribution in [3.8, 4) is 11.4 Å². The minimum atomic E-state index is 0.803. The highest BCUT2D eigenvalue weighted by molar-refractivity contribution is 5.71. The monoisotopic (exact) mass is 249 g/mol. The number of nitrogens with zero attached hydrogens (tertiary/aromatic N) is 4. The van der Waals surface area contributed by atoms with Crippen LogP contribution in [-0.4, -0.2) is 14.5 Å². The first-order valence-corrected chi connectivity index (χ1v) is 6.13. The highest BCUT2D eigenvalue weighted by Gasteiger charge is 2.32. The average Bonchev–Trinajstić information content (AvgIpc) is 3.07. The van der Waals surface area contributed by atoms with Gasteiger partial charge in [-0.25, -0.2) is 0 Å². The summed E-state index contributed by atoms with van der Waals surface area (Å²) in [5, 5.41) is 0. The summed E-state index contributed by atoms with van der Waals surface area (Å²) in [6.45, 7) is 0.808. The molecule has 90 valence electrons. The number of aromatic nitrogens is 4. The molecule has 0 bridgehead atoms. The molecule has 5 nitrogen and oxygen atoms in total. The van der Waals surface area contributed by atoms with Gasteiger partial charge in [-0.05, 0) is 6.07 Å². The van der Waals surface area contributed by atoms with E-state index in [1.165, 1.54) is 5.56 Å². The summed E-state index contributed by atoms with van der Waals surface area (Å²) in [6, 6.07) is 6.04. The van der Waals surface area contributed by atoms with E-state index in [-0.39, 0.29) is 0 Å². The lowest BCUT2D eigenvalue weighted by atomic mass is 10.2. The zero-order valence-corrected chi connectivity index (χ0v) is 9.95. The number of hydrogen-bond acceptors (Lipinski definition) is 3. The second-order valence-corrected chi connectivity index (χ2v) is 4.71. The van der Waals surface area contributed by atoms with Crippen molar-refractivity contribution in [2.45, 2.75) is 6.54 Å². The Morgan fingerprint density at radius 3 is 3.26 bits per heavy atom. The molecule has 0 unspecified atom stereocenters. The maximum atomic E-state index is 5.90. The van der Waals surface area contributed by atoms with E-state index in [0.717, 1.165) is 34.9 Å². The third-order valence-electron chi connectivity index (χ3n) is 3.67. The van der Waals surface area contributed by atoms with Gasteiger partial charge in [0.25, 0.3) is 0 Å². The van der Waals surface area contributed by atoms with Crippen LogP contribution in [0.15, 0.2) is 47.4 Å². The van der Waals surface area contributed by atoms with Crippen LogP contribution < -0.4 is 4.40 Å². The second kappa shape index (κ2) is 3.00. The maximum Gasteiger partial charge on any atom is 0.468 e. The van der Waals surface area contributed by atoms with Crippen LogP contribution >= 0.6 is 0 Å². The van der Waals surface area contributed by atoms with Crippen LogP contribution in [0.2, 0.25) is 0 Å². The third-order valence-corrected chi connectivity index (χ3v) is 3.67. The quantitative estimate of drug-likeness (QED) is 0.393. The van der Waals surface area contributed by atoms with E-state index in [0.29, 0.717) is 0 Å². The smallest absolute Gasteiger partial charge is 0.385 e. The highest BCUT2D eigenvalue weighted by Crippen LogP contribution is 2.31. The molecule has 5 rings (SSSR count). The Bertz CT molecular complexity index is 951. The number of imidazole rings is 1. The van der Waals surface area contributed by atoms with Crippen LogP contribution in [0.25, 0.3) is 28.3 Å². The average molecular weight is 249 g/mol. The molecule has 0 saturated heterocycles. The fourth-order valence-electron chi connectivity index (χ4n) is 2.81. The summed E-state index contributed by atoms with van der Waals surface area (Å²) in [6.07, 6.45) is 7.44. The molecule has 5 heteroatoms. The molecule has 4 aromatic heterocycles. The summed E-state index contributed by atoms with van der Waals surface area (Å²) < 4.78 is 10.1. The molecule has 0 N–H and O–H groups in total. The minimum Gasteiger partial charge on any atom is -0.385 e. The third kappa shape index (κ3) is 1.03. The zero-order chi connectivity index (χ0) is 12.4. The molecule has 1 aliphatic rings. The summed E-state index contributed by atoms with van der Waals surface area (Å²) in [5.41, 5.74) is 5.22. The SMILES string of the molecule is c1cnc2c(c1)Cn1c-2c[n+]2c3ccncc3oc12. The van der Waals surface area contributed by atoms with Gasteiger partial charge in [0.05, 0.1) is 6.20 Å². The van der Waals surface area contributed by atoms with Gasteiger partial charge in [-0.2, -0.15) is 8.97 Å². The van der Waals surface area contributed by atoms with Gasteiger partial charge in [-0.15, -0.1) is 0 Å². The van der Waals surface area contributed by atoms with Crippen molar-refractivity contribution in [1.29, 1.82) is 0 Å². The molecule has 5 heterocycles. The molecule has 4 aromatic rings. The molecular formula is C14H9N4O+. The van der Waals surface area contributed by atoms with Gasteiger partial charge in [0.2, 0.25) is 5.58 Å². The largest absolute Gasteiger partial charge is 0.468 e. The van der Waals surface area contributed by atoms with Crippen LogP contribution in [0.1, 0.15) is 5.56 Å². The fraction of sp³-hybridized carbons (Fsp3) is 0.0714. The molecular weight excluding hydrogens is 240 g/mol. The molecule has 0 fully saturated rings. The Morgan fingerprint density at radius 2 is 2.26 bits per heavy atom. The first kappa shape index (κ1) is 9.27. The Balaban J connectivity index is 1.93. The van der Waals surface area contributed by atoms with Crippen molar-refractivity contribution >= 4 is 16.9 Å². The van der Waals surface area contributed by atoms with Gasteiger partial charge >= 0.3 is 5.84 Å². The van der Waals surface area contributed by atoms with Crippen molar-refractivity contribution in [3.63, 3.8) is 0 Å². The molecule has 19 heavy (non-hydrogen) atoms. The van der Waals surface area contributed by atoms with E-state index >= 15 is 0 Å². The topological polar surface area (TPSA) is 48.0 Å². The first-order chi connectivity index (χ1) is 9.42. The Morgan fingerprint density at radius 1 is 1.26 bits per heavy atom. The minimum absolute atomic E-state index is 0.803. The predicted octanol–water partition coefficient (Wildman–Crippen LogP) is 1.79. The van der Waals surface area contributed by atoms with Crippen LogP contribution in [0, 0.1) is 0 Å².